The van der Waals surface area contributed by atoms with Gasteiger partial charge in [-0.2, -0.15) is 0 Å². The van der Waals surface area contributed by atoms with Crippen molar-refractivity contribution in [2.24, 2.45) is 0 Å². The fourth-order valence-electron chi connectivity index (χ4n) is 3.89. The maximum Gasteiger partial charge on any atom is 0.261 e. The van der Waals surface area contributed by atoms with Gasteiger partial charge in [-0.15, -0.1) is 0 Å². The van der Waals surface area contributed by atoms with Crippen LogP contribution in [0.1, 0.15) is 45.5 Å². The van der Waals surface area contributed by atoms with Gasteiger partial charge in [0.2, 0.25) is 5.91 Å². The molecule has 150 valence electrons. The Hall–Kier alpha value is -2.67. The largest absolute Gasteiger partial charge is 0.371 e. The molecule has 2 aromatic carbocycles. The molecule has 2 aliphatic rings. The summed E-state index contributed by atoms with van der Waals surface area (Å²) in [6.07, 6.45) is 2.47. The Labute approximate surface area is 178 Å². The molecule has 0 aromatic heterocycles. The highest BCUT2D eigenvalue weighted by atomic mass is 79.9. The minimum absolute atomic E-state index is 0.0730. The van der Waals surface area contributed by atoms with Crippen molar-refractivity contribution >= 4 is 39.3 Å². The number of fused-ring (bicyclic) bond motifs is 1. The summed E-state index contributed by atoms with van der Waals surface area (Å²) < 4.78 is 0.744. The van der Waals surface area contributed by atoms with Crippen molar-refractivity contribution in [1.29, 1.82) is 0 Å². The Morgan fingerprint density at radius 1 is 1.00 bits per heavy atom. The summed E-state index contributed by atoms with van der Waals surface area (Å²) in [5.74, 6) is -0.873. The van der Waals surface area contributed by atoms with Crippen molar-refractivity contribution in [2.45, 2.75) is 25.8 Å². The van der Waals surface area contributed by atoms with Crippen LogP contribution in [-0.2, 0) is 11.3 Å². The molecule has 0 atom stereocenters. The van der Waals surface area contributed by atoms with Crippen LogP contribution in [0.5, 0.6) is 0 Å². The minimum Gasteiger partial charge on any atom is -0.371 e. The molecular weight excluding hydrogens is 434 g/mol. The average Bonchev–Trinajstić information content (AvgIpc) is 3.33. The van der Waals surface area contributed by atoms with E-state index in [9.17, 15) is 14.4 Å². The lowest BCUT2D eigenvalue weighted by atomic mass is 10.1. The quantitative estimate of drug-likeness (QED) is 0.677. The zero-order chi connectivity index (χ0) is 20.4. The molecule has 3 amide bonds. The minimum atomic E-state index is -0.349. The third kappa shape index (κ3) is 4.05. The van der Waals surface area contributed by atoms with Gasteiger partial charge in [0.1, 0.15) is 0 Å². The molecule has 2 heterocycles. The summed E-state index contributed by atoms with van der Waals surface area (Å²) in [5, 5.41) is 2.92. The lowest BCUT2D eigenvalue weighted by Crippen LogP contribution is -2.34. The number of anilines is 1. The summed E-state index contributed by atoms with van der Waals surface area (Å²) >= 11 is 3.32. The molecule has 0 radical (unpaired) electrons. The molecule has 0 spiro atoms. The zero-order valence-electron chi connectivity index (χ0n) is 16.0. The second-order valence-corrected chi connectivity index (χ2v) is 8.22. The van der Waals surface area contributed by atoms with Crippen molar-refractivity contribution in [3.8, 4) is 0 Å². The van der Waals surface area contributed by atoms with Crippen molar-refractivity contribution in [1.82, 2.24) is 10.2 Å². The van der Waals surface area contributed by atoms with Gasteiger partial charge in [-0.3, -0.25) is 19.3 Å². The van der Waals surface area contributed by atoms with Crippen molar-refractivity contribution in [3.05, 3.63) is 63.6 Å². The second kappa shape index (κ2) is 8.37. The molecule has 0 unspecified atom stereocenters. The smallest absolute Gasteiger partial charge is 0.261 e. The maximum atomic E-state index is 12.5. The molecule has 4 rings (SSSR count). The fourth-order valence-corrected chi connectivity index (χ4v) is 4.25. The van der Waals surface area contributed by atoms with Gasteiger partial charge < -0.3 is 10.2 Å². The van der Waals surface area contributed by atoms with Crippen LogP contribution in [0.2, 0.25) is 0 Å². The Bertz CT molecular complexity index is 970. The standard InChI is InChI=1S/C22H22BrN3O3/c23-16-7-8-17-18(13-16)22(29)26(21(17)28)12-9-20(27)24-14-15-5-1-2-6-19(15)25-10-3-4-11-25/h1-2,5-8,13H,3-4,9-12,14H2,(H,24,27). The Morgan fingerprint density at radius 2 is 1.72 bits per heavy atom. The van der Waals surface area contributed by atoms with Crippen LogP contribution in [-0.4, -0.2) is 42.3 Å². The first-order valence-electron chi connectivity index (χ1n) is 9.80. The number of nitrogens with one attached hydrogen (secondary N) is 1. The third-order valence-corrected chi connectivity index (χ3v) is 5.90. The van der Waals surface area contributed by atoms with Gasteiger partial charge in [-0.05, 0) is 42.7 Å². The number of nitrogens with zero attached hydrogens (tertiary/aromatic N) is 2. The first kappa shape index (κ1) is 19.6. The highest BCUT2D eigenvalue weighted by molar-refractivity contribution is 9.10. The Balaban J connectivity index is 1.34. The number of imide groups is 1. The number of hydrogen-bond acceptors (Lipinski definition) is 4. The van der Waals surface area contributed by atoms with Gasteiger partial charge in [0.15, 0.2) is 0 Å². The number of para-hydroxylation sites is 1. The first-order chi connectivity index (χ1) is 14.0. The summed E-state index contributed by atoms with van der Waals surface area (Å²) in [6, 6.07) is 13.1. The van der Waals surface area contributed by atoms with Gasteiger partial charge >= 0.3 is 0 Å². The van der Waals surface area contributed by atoms with E-state index in [0.717, 1.165) is 33.7 Å². The average molecular weight is 456 g/mol. The van der Waals surface area contributed by atoms with Crippen LogP contribution < -0.4 is 10.2 Å². The van der Waals surface area contributed by atoms with Crippen LogP contribution in [0.15, 0.2) is 46.9 Å². The fraction of sp³-hybridized carbons (Fsp3) is 0.318. The van der Waals surface area contributed by atoms with E-state index in [0.29, 0.717) is 17.7 Å². The number of amides is 3. The molecule has 0 bridgehead atoms. The van der Waals surface area contributed by atoms with E-state index in [-0.39, 0.29) is 30.7 Å². The van der Waals surface area contributed by atoms with E-state index in [1.54, 1.807) is 18.2 Å². The van der Waals surface area contributed by atoms with Gasteiger partial charge in [-0.25, -0.2) is 0 Å². The van der Waals surface area contributed by atoms with E-state index >= 15 is 0 Å². The van der Waals surface area contributed by atoms with Crippen molar-refractivity contribution in [3.63, 3.8) is 0 Å². The molecule has 1 N–H and O–H groups in total. The van der Waals surface area contributed by atoms with Gasteiger partial charge in [0, 0.05) is 42.8 Å². The molecule has 0 saturated carbocycles. The van der Waals surface area contributed by atoms with Crippen LogP contribution in [0.3, 0.4) is 0 Å². The normalized spacial score (nSPS) is 15.8. The topological polar surface area (TPSA) is 69.7 Å². The van der Waals surface area contributed by atoms with E-state index in [4.69, 9.17) is 0 Å². The summed E-state index contributed by atoms with van der Waals surface area (Å²) in [6.45, 7) is 2.59. The van der Waals surface area contributed by atoms with E-state index < -0.39 is 0 Å². The highest BCUT2D eigenvalue weighted by Gasteiger charge is 2.35. The summed E-state index contributed by atoms with van der Waals surface area (Å²) in [7, 11) is 0. The van der Waals surface area contributed by atoms with Crippen molar-refractivity contribution in [2.75, 3.05) is 24.5 Å². The number of halogens is 1. The molecule has 2 aliphatic heterocycles. The summed E-state index contributed by atoms with van der Waals surface area (Å²) in [4.78, 5) is 40.8. The zero-order valence-corrected chi connectivity index (χ0v) is 17.6. The highest BCUT2D eigenvalue weighted by Crippen LogP contribution is 2.26. The monoisotopic (exact) mass is 455 g/mol. The third-order valence-electron chi connectivity index (χ3n) is 5.41. The number of rotatable bonds is 6. The number of benzene rings is 2. The lowest BCUT2D eigenvalue weighted by Gasteiger charge is -2.21. The Kier molecular flexibility index (Phi) is 5.67. The van der Waals surface area contributed by atoms with E-state index in [2.05, 4.69) is 32.2 Å². The molecule has 6 nitrogen and oxygen atoms in total. The van der Waals surface area contributed by atoms with Crippen molar-refractivity contribution < 1.29 is 14.4 Å². The maximum absolute atomic E-state index is 12.5. The van der Waals surface area contributed by atoms with Crippen LogP contribution in [0.4, 0.5) is 5.69 Å². The first-order valence-corrected chi connectivity index (χ1v) is 10.6. The molecule has 1 saturated heterocycles. The van der Waals surface area contributed by atoms with E-state index in [1.807, 2.05) is 18.2 Å². The lowest BCUT2D eigenvalue weighted by molar-refractivity contribution is -0.121. The number of carbonyl (C=O) groups is 3. The molecule has 7 heteroatoms. The predicted molar refractivity (Wildman–Crippen MR) is 114 cm³/mol. The molecule has 0 aliphatic carbocycles. The van der Waals surface area contributed by atoms with Crippen LogP contribution >= 0.6 is 15.9 Å². The van der Waals surface area contributed by atoms with Crippen LogP contribution in [0.25, 0.3) is 0 Å². The van der Waals surface area contributed by atoms with Gasteiger partial charge in [0.25, 0.3) is 11.8 Å². The molecule has 1 fully saturated rings. The van der Waals surface area contributed by atoms with E-state index in [1.165, 1.54) is 12.8 Å². The number of hydrogen-bond donors (Lipinski definition) is 1. The molecule has 2 aromatic rings. The molecular formula is C22H22BrN3O3. The van der Waals surface area contributed by atoms with Crippen LogP contribution in [0, 0.1) is 0 Å². The summed E-state index contributed by atoms with van der Waals surface area (Å²) in [5.41, 5.74) is 3.01. The SMILES string of the molecule is O=C(CCN1C(=O)c2ccc(Br)cc2C1=O)NCc1ccccc1N1CCCC1. The van der Waals surface area contributed by atoms with Gasteiger partial charge in [-0.1, -0.05) is 34.1 Å². The Morgan fingerprint density at radius 3 is 2.52 bits per heavy atom. The molecule has 29 heavy (non-hydrogen) atoms. The second-order valence-electron chi connectivity index (χ2n) is 7.30. The van der Waals surface area contributed by atoms with Gasteiger partial charge in [0.05, 0.1) is 11.1 Å². The predicted octanol–water partition coefficient (Wildman–Crippen LogP) is 3.35. The number of carbonyl (C=O) groups excluding carboxylic acids is 3.